The van der Waals surface area contributed by atoms with E-state index in [1.807, 2.05) is 0 Å². The zero-order valence-electron chi connectivity index (χ0n) is 12.9. The average Bonchev–Trinajstić information content (AvgIpc) is 2.79. The zero-order valence-corrected chi connectivity index (χ0v) is 15.0. The summed E-state index contributed by atoms with van der Waals surface area (Å²) >= 11 is -0.318. The fourth-order valence-electron chi connectivity index (χ4n) is 4.03. The van der Waals surface area contributed by atoms with Gasteiger partial charge in [0, 0.05) is 0 Å². The molecule has 2 N–H and O–H groups in total. The van der Waals surface area contributed by atoms with Crippen molar-refractivity contribution in [3.8, 4) is 0 Å². The Balaban J connectivity index is 1.64. The SMILES string of the molecule is CCCN1[I-]NC(=O)C12CCN([C@@H]1CCCCC1O)CC2. The van der Waals surface area contributed by atoms with Crippen molar-refractivity contribution in [2.24, 2.45) is 0 Å². The van der Waals surface area contributed by atoms with Crippen molar-refractivity contribution in [2.45, 2.75) is 69.6 Å². The second-order valence-corrected chi connectivity index (χ2v) is 8.77. The summed E-state index contributed by atoms with van der Waals surface area (Å²) in [4.78, 5) is 14.8. The van der Waals surface area contributed by atoms with Crippen molar-refractivity contribution in [3.05, 3.63) is 0 Å². The predicted molar refractivity (Wildman–Crippen MR) is 76.9 cm³/mol. The van der Waals surface area contributed by atoms with Gasteiger partial charge in [-0.2, -0.15) is 0 Å². The maximum atomic E-state index is 12.4. The van der Waals surface area contributed by atoms with Gasteiger partial charge in [0.25, 0.3) is 0 Å². The number of aliphatic hydroxyl groups is 1. The van der Waals surface area contributed by atoms with E-state index in [9.17, 15) is 9.90 Å². The summed E-state index contributed by atoms with van der Waals surface area (Å²) in [5, 5.41) is 10.2. The van der Waals surface area contributed by atoms with Gasteiger partial charge in [0.15, 0.2) is 0 Å². The van der Waals surface area contributed by atoms with Crippen LogP contribution in [0.5, 0.6) is 0 Å². The molecule has 1 amide bonds. The number of hydrogen-bond donors (Lipinski definition) is 2. The molecule has 122 valence electrons. The van der Waals surface area contributed by atoms with Crippen LogP contribution in [0.4, 0.5) is 0 Å². The molecule has 0 radical (unpaired) electrons. The first-order valence-electron chi connectivity index (χ1n) is 8.31. The van der Waals surface area contributed by atoms with Crippen LogP contribution in [0.15, 0.2) is 0 Å². The second-order valence-electron chi connectivity index (χ2n) is 6.58. The van der Waals surface area contributed by atoms with Gasteiger partial charge in [-0.1, -0.05) is 0 Å². The van der Waals surface area contributed by atoms with Gasteiger partial charge in [-0.05, 0) is 0 Å². The predicted octanol–water partition coefficient (Wildman–Crippen LogP) is -2.11. The summed E-state index contributed by atoms with van der Waals surface area (Å²) in [6.45, 7) is 5.14. The molecule has 3 aliphatic rings. The van der Waals surface area contributed by atoms with Gasteiger partial charge in [0.1, 0.15) is 0 Å². The van der Waals surface area contributed by atoms with Crippen LogP contribution in [0.25, 0.3) is 0 Å². The molecule has 0 aromatic heterocycles. The fraction of sp³-hybridized carbons (Fsp3) is 0.933. The molecule has 0 bridgehead atoms. The molecule has 1 aliphatic carbocycles. The topological polar surface area (TPSA) is 55.8 Å². The maximum absolute atomic E-state index is 12.4. The van der Waals surface area contributed by atoms with Crippen LogP contribution in [0.2, 0.25) is 0 Å². The van der Waals surface area contributed by atoms with Gasteiger partial charge < -0.3 is 0 Å². The first kappa shape index (κ1) is 16.0. The van der Waals surface area contributed by atoms with E-state index in [1.165, 1.54) is 6.42 Å². The molecule has 2 saturated heterocycles. The molecule has 2 atom stereocenters. The number of halogens is 1. The molecule has 5 nitrogen and oxygen atoms in total. The van der Waals surface area contributed by atoms with Crippen molar-refractivity contribution in [1.82, 2.24) is 11.5 Å². The van der Waals surface area contributed by atoms with Gasteiger partial charge in [0.05, 0.1) is 0 Å². The summed E-state index contributed by atoms with van der Waals surface area (Å²) < 4.78 is 5.59. The molecular formula is C15H27IN3O2-. The second kappa shape index (κ2) is 6.68. The number of carbonyl (C=O) groups is 1. The van der Waals surface area contributed by atoms with Crippen LogP contribution < -0.4 is 25.3 Å². The molecule has 2 aliphatic heterocycles. The number of piperidine rings is 1. The van der Waals surface area contributed by atoms with E-state index in [4.69, 9.17) is 0 Å². The minimum atomic E-state index is -0.318. The van der Waals surface area contributed by atoms with Crippen LogP contribution >= 0.6 is 0 Å². The van der Waals surface area contributed by atoms with Gasteiger partial charge in [-0.15, -0.1) is 0 Å². The van der Waals surface area contributed by atoms with Crippen molar-refractivity contribution in [3.63, 3.8) is 0 Å². The van der Waals surface area contributed by atoms with Gasteiger partial charge in [-0.25, -0.2) is 0 Å². The number of nitrogens with one attached hydrogen (secondary N) is 1. The third kappa shape index (κ3) is 2.96. The summed E-state index contributed by atoms with van der Waals surface area (Å²) in [5.41, 5.74) is -0.223. The zero-order chi connectivity index (χ0) is 14.9. The minimum absolute atomic E-state index is 0.163. The summed E-state index contributed by atoms with van der Waals surface area (Å²) in [6.07, 6.45) is 7.27. The first-order chi connectivity index (χ1) is 10.2. The monoisotopic (exact) mass is 408 g/mol. The van der Waals surface area contributed by atoms with E-state index in [0.29, 0.717) is 6.04 Å². The number of nitrogens with zero attached hydrogens (tertiary/aromatic N) is 2. The molecule has 2 heterocycles. The molecule has 1 unspecified atom stereocenters. The molecule has 1 saturated carbocycles. The number of aliphatic hydroxyl groups excluding tert-OH is 1. The molecule has 3 rings (SSSR count). The quantitative estimate of drug-likeness (QED) is 0.415. The first-order valence-corrected chi connectivity index (χ1v) is 10.4. The van der Waals surface area contributed by atoms with E-state index < -0.39 is 0 Å². The normalized spacial score (nSPS) is 34.7. The van der Waals surface area contributed by atoms with Gasteiger partial charge in [-0.3, -0.25) is 0 Å². The van der Waals surface area contributed by atoms with Crippen molar-refractivity contribution < 1.29 is 31.7 Å². The number of likely N-dealkylation sites (tertiary alicyclic amines) is 1. The fourth-order valence-corrected chi connectivity index (χ4v) is 6.93. The van der Waals surface area contributed by atoms with Crippen LogP contribution in [-0.4, -0.2) is 56.3 Å². The summed E-state index contributed by atoms with van der Waals surface area (Å²) in [5.74, 6) is 0.271. The summed E-state index contributed by atoms with van der Waals surface area (Å²) in [6, 6.07) is 0.329. The van der Waals surface area contributed by atoms with Crippen LogP contribution in [0.3, 0.4) is 0 Å². The Labute approximate surface area is 138 Å². The third-order valence-electron chi connectivity index (χ3n) is 5.33. The molecule has 3 fully saturated rings. The molecule has 6 heteroatoms. The number of rotatable bonds is 3. The Kier molecular flexibility index (Phi) is 5.08. The van der Waals surface area contributed by atoms with E-state index in [1.54, 1.807) is 0 Å². The summed E-state index contributed by atoms with van der Waals surface area (Å²) in [7, 11) is 0. The van der Waals surface area contributed by atoms with Crippen molar-refractivity contribution in [2.75, 3.05) is 19.6 Å². The third-order valence-corrected chi connectivity index (χ3v) is 8.04. The number of amides is 1. The Morgan fingerprint density at radius 1 is 1.33 bits per heavy atom. The molecule has 1 spiro atoms. The van der Waals surface area contributed by atoms with Crippen LogP contribution in [0.1, 0.15) is 51.9 Å². The van der Waals surface area contributed by atoms with Crippen molar-refractivity contribution in [1.29, 1.82) is 0 Å². The van der Waals surface area contributed by atoms with Crippen LogP contribution in [0, 0.1) is 0 Å². The Bertz CT molecular complexity index is 385. The Morgan fingerprint density at radius 3 is 2.71 bits per heavy atom. The van der Waals surface area contributed by atoms with E-state index in [-0.39, 0.29) is 39.3 Å². The molecular weight excluding hydrogens is 381 g/mol. The Hall–Kier alpha value is 0.0800. The van der Waals surface area contributed by atoms with Crippen molar-refractivity contribution >= 4 is 5.91 Å². The van der Waals surface area contributed by atoms with E-state index in [2.05, 4.69) is 18.5 Å². The average molecular weight is 408 g/mol. The number of hydrogen-bond acceptors (Lipinski definition) is 4. The standard InChI is InChI=1S/C15H27IN3O2/c1-2-9-19-15(14(21)17-16-19)7-10-18(11-8-15)12-5-3-4-6-13(12)20/h12-13,20H,2-11H2,1H3,(H,17,21)/q-1/t12-,13?/m1/s1. The van der Waals surface area contributed by atoms with Gasteiger partial charge in [0.2, 0.25) is 0 Å². The molecule has 21 heavy (non-hydrogen) atoms. The van der Waals surface area contributed by atoms with Crippen LogP contribution in [-0.2, 0) is 4.79 Å². The number of carbonyl (C=O) groups excluding carboxylic acids is 1. The van der Waals surface area contributed by atoms with E-state index in [0.717, 1.165) is 58.2 Å². The van der Waals surface area contributed by atoms with Gasteiger partial charge >= 0.3 is 138 Å². The molecule has 0 aromatic carbocycles. The molecule has 0 aromatic rings. The van der Waals surface area contributed by atoms with E-state index >= 15 is 0 Å². The Morgan fingerprint density at radius 2 is 2.05 bits per heavy atom.